The number of aromatic nitrogens is 1. The largest absolute Gasteiger partial charge is 0.383 e. The van der Waals surface area contributed by atoms with Crippen LogP contribution in [0.2, 0.25) is 0 Å². The molecule has 82 valence electrons. The topological polar surface area (TPSA) is 90.7 Å². The average molecular weight is 232 g/mol. The molecule has 0 saturated carbocycles. The summed E-state index contributed by atoms with van der Waals surface area (Å²) in [5.74, 6) is -0.275. The molecule has 0 bridgehead atoms. The molecule has 2 N–H and O–H groups in total. The SMILES string of the molecule is Cc1noc(C)c1C(=O)ON=C(N)CCl. The molecule has 0 aliphatic rings. The lowest BCUT2D eigenvalue weighted by Crippen LogP contribution is -2.15. The van der Waals surface area contributed by atoms with Crippen LogP contribution in [0, 0.1) is 13.8 Å². The Labute approximate surface area is 91.0 Å². The first-order chi connectivity index (χ1) is 7.06. The van der Waals surface area contributed by atoms with Gasteiger partial charge < -0.3 is 15.1 Å². The summed E-state index contributed by atoms with van der Waals surface area (Å²) in [6.07, 6.45) is 0. The number of hydrogen-bond donors (Lipinski definition) is 1. The van der Waals surface area contributed by atoms with Gasteiger partial charge in [0.25, 0.3) is 0 Å². The van der Waals surface area contributed by atoms with Gasteiger partial charge in [0.1, 0.15) is 11.3 Å². The van der Waals surface area contributed by atoms with Crippen LogP contribution in [-0.2, 0) is 4.84 Å². The van der Waals surface area contributed by atoms with Crippen molar-refractivity contribution in [2.24, 2.45) is 10.9 Å². The van der Waals surface area contributed by atoms with Gasteiger partial charge in [0.15, 0.2) is 5.84 Å². The third kappa shape index (κ3) is 2.69. The number of halogens is 1. The van der Waals surface area contributed by atoms with Gasteiger partial charge in [-0.3, -0.25) is 0 Å². The van der Waals surface area contributed by atoms with Crippen LogP contribution in [0.4, 0.5) is 0 Å². The summed E-state index contributed by atoms with van der Waals surface area (Å²) in [5.41, 5.74) is 5.95. The number of carbonyl (C=O) groups is 1. The van der Waals surface area contributed by atoms with Gasteiger partial charge in [-0.2, -0.15) is 0 Å². The third-order valence-electron chi connectivity index (χ3n) is 1.62. The Balaban J connectivity index is 2.78. The summed E-state index contributed by atoms with van der Waals surface area (Å²) in [7, 11) is 0. The Morgan fingerprint density at radius 3 is 2.80 bits per heavy atom. The highest BCUT2D eigenvalue weighted by Crippen LogP contribution is 2.13. The zero-order valence-electron chi connectivity index (χ0n) is 8.28. The highest BCUT2D eigenvalue weighted by Gasteiger charge is 2.19. The van der Waals surface area contributed by atoms with Crippen molar-refractivity contribution in [3.63, 3.8) is 0 Å². The molecule has 0 aromatic carbocycles. The maximum Gasteiger partial charge on any atom is 0.371 e. The molecule has 1 rings (SSSR count). The highest BCUT2D eigenvalue weighted by atomic mass is 35.5. The van der Waals surface area contributed by atoms with E-state index in [0.717, 1.165) is 0 Å². The van der Waals surface area contributed by atoms with E-state index in [1.54, 1.807) is 13.8 Å². The van der Waals surface area contributed by atoms with Crippen LogP contribution in [0.3, 0.4) is 0 Å². The predicted molar refractivity (Wildman–Crippen MR) is 53.7 cm³/mol. The Morgan fingerprint density at radius 1 is 1.67 bits per heavy atom. The summed E-state index contributed by atoms with van der Waals surface area (Å²) in [6, 6.07) is 0. The number of carbonyl (C=O) groups excluding carboxylic acids is 1. The minimum Gasteiger partial charge on any atom is -0.383 e. The Morgan fingerprint density at radius 2 is 2.33 bits per heavy atom. The van der Waals surface area contributed by atoms with Crippen molar-refractivity contribution in [3.05, 3.63) is 17.0 Å². The molecule has 0 atom stereocenters. The fraction of sp³-hybridized carbons (Fsp3) is 0.375. The summed E-state index contributed by atoms with van der Waals surface area (Å²) in [5, 5.41) is 6.93. The number of alkyl halides is 1. The van der Waals surface area contributed by atoms with E-state index in [0.29, 0.717) is 11.5 Å². The van der Waals surface area contributed by atoms with Gasteiger partial charge in [-0.1, -0.05) is 10.3 Å². The van der Waals surface area contributed by atoms with E-state index in [1.807, 2.05) is 0 Å². The second-order valence-corrected chi connectivity index (χ2v) is 3.06. The van der Waals surface area contributed by atoms with Gasteiger partial charge in [-0.05, 0) is 13.8 Å². The van der Waals surface area contributed by atoms with Crippen molar-refractivity contribution in [1.29, 1.82) is 0 Å². The number of rotatable bonds is 3. The predicted octanol–water partition coefficient (Wildman–Crippen LogP) is 0.959. The molecule has 0 spiro atoms. The van der Waals surface area contributed by atoms with E-state index in [-0.39, 0.29) is 17.3 Å². The van der Waals surface area contributed by atoms with Crippen molar-refractivity contribution in [2.45, 2.75) is 13.8 Å². The number of nitrogens with zero attached hydrogens (tertiary/aromatic N) is 2. The van der Waals surface area contributed by atoms with Crippen LogP contribution >= 0.6 is 11.6 Å². The number of nitrogens with two attached hydrogens (primary N) is 1. The van der Waals surface area contributed by atoms with Crippen molar-refractivity contribution in [3.8, 4) is 0 Å². The standard InChI is InChI=1S/C8H10ClN3O3/c1-4-7(5(2)14-11-4)8(13)15-12-6(10)3-9/h3H2,1-2H3,(H2,10,12). The van der Waals surface area contributed by atoms with Crippen LogP contribution < -0.4 is 5.73 Å². The molecule has 0 unspecified atom stereocenters. The summed E-state index contributed by atoms with van der Waals surface area (Å²) >= 11 is 5.34. The molecule has 0 saturated heterocycles. The van der Waals surface area contributed by atoms with Crippen LogP contribution in [-0.4, -0.2) is 22.8 Å². The van der Waals surface area contributed by atoms with E-state index in [1.165, 1.54) is 0 Å². The molecular weight excluding hydrogens is 222 g/mol. The molecule has 7 heteroatoms. The number of aryl methyl sites for hydroxylation is 2. The van der Waals surface area contributed by atoms with E-state index in [9.17, 15) is 4.79 Å². The Bertz CT molecular complexity index is 380. The lowest BCUT2D eigenvalue weighted by atomic mass is 10.2. The van der Waals surface area contributed by atoms with Gasteiger partial charge in [0, 0.05) is 0 Å². The van der Waals surface area contributed by atoms with E-state index in [4.69, 9.17) is 21.9 Å². The molecule has 0 amide bonds. The average Bonchev–Trinajstić information content (AvgIpc) is 2.54. The lowest BCUT2D eigenvalue weighted by molar-refractivity contribution is 0.0513. The van der Waals surface area contributed by atoms with Crippen LogP contribution in [0.15, 0.2) is 9.68 Å². The fourth-order valence-electron chi connectivity index (χ4n) is 0.945. The van der Waals surface area contributed by atoms with Crippen molar-refractivity contribution in [2.75, 3.05) is 5.88 Å². The molecule has 0 fully saturated rings. The first kappa shape index (κ1) is 11.5. The van der Waals surface area contributed by atoms with Gasteiger partial charge in [0.2, 0.25) is 0 Å². The van der Waals surface area contributed by atoms with Crippen LogP contribution in [0.5, 0.6) is 0 Å². The first-order valence-corrected chi connectivity index (χ1v) is 4.62. The molecule has 0 radical (unpaired) electrons. The molecule has 1 aromatic rings. The quantitative estimate of drug-likeness (QED) is 0.275. The lowest BCUT2D eigenvalue weighted by Gasteiger charge is -1.97. The smallest absolute Gasteiger partial charge is 0.371 e. The molecule has 1 heterocycles. The molecule has 15 heavy (non-hydrogen) atoms. The molecule has 0 aliphatic heterocycles. The number of amidine groups is 1. The van der Waals surface area contributed by atoms with E-state index >= 15 is 0 Å². The maximum atomic E-state index is 11.4. The summed E-state index contributed by atoms with van der Waals surface area (Å²) in [6.45, 7) is 3.23. The highest BCUT2D eigenvalue weighted by molar-refractivity contribution is 6.27. The van der Waals surface area contributed by atoms with E-state index < -0.39 is 5.97 Å². The second-order valence-electron chi connectivity index (χ2n) is 2.79. The Kier molecular flexibility index (Phi) is 3.68. The van der Waals surface area contributed by atoms with Gasteiger partial charge in [-0.25, -0.2) is 4.79 Å². The minimum atomic E-state index is -0.667. The third-order valence-corrected chi connectivity index (χ3v) is 1.89. The summed E-state index contributed by atoms with van der Waals surface area (Å²) < 4.78 is 4.79. The zero-order valence-corrected chi connectivity index (χ0v) is 9.04. The Hall–Kier alpha value is -1.56. The van der Waals surface area contributed by atoms with Gasteiger partial charge >= 0.3 is 5.97 Å². The monoisotopic (exact) mass is 231 g/mol. The van der Waals surface area contributed by atoms with Crippen molar-refractivity contribution in [1.82, 2.24) is 5.16 Å². The van der Waals surface area contributed by atoms with Gasteiger partial charge in [-0.15, -0.1) is 11.6 Å². The van der Waals surface area contributed by atoms with Gasteiger partial charge in [0.05, 0.1) is 11.6 Å². The van der Waals surface area contributed by atoms with Crippen LogP contribution in [0.25, 0.3) is 0 Å². The minimum absolute atomic E-state index is 0.00508. The van der Waals surface area contributed by atoms with Crippen LogP contribution in [0.1, 0.15) is 21.8 Å². The van der Waals surface area contributed by atoms with E-state index in [2.05, 4.69) is 15.1 Å². The maximum absolute atomic E-state index is 11.4. The summed E-state index contributed by atoms with van der Waals surface area (Å²) in [4.78, 5) is 16.0. The fourth-order valence-corrected chi connectivity index (χ4v) is 0.993. The molecule has 1 aromatic heterocycles. The first-order valence-electron chi connectivity index (χ1n) is 4.08. The van der Waals surface area contributed by atoms with Crippen molar-refractivity contribution < 1.29 is 14.2 Å². The normalized spacial score (nSPS) is 11.5. The van der Waals surface area contributed by atoms with Crippen molar-refractivity contribution >= 4 is 23.4 Å². The molecular formula is C8H10ClN3O3. The second kappa shape index (κ2) is 4.79. The molecule has 6 nitrogen and oxygen atoms in total. The zero-order chi connectivity index (χ0) is 11.4. The molecule has 0 aliphatic carbocycles. The number of hydrogen-bond acceptors (Lipinski definition) is 5. The number of oxime groups is 1.